The molecule has 4 aliphatic heterocycles. The van der Waals surface area contributed by atoms with E-state index >= 15 is 8.78 Å². The highest BCUT2D eigenvalue weighted by Crippen LogP contribution is 2.60. The van der Waals surface area contributed by atoms with Crippen LogP contribution in [0.2, 0.25) is 36.3 Å². The molecule has 5 N–H and O–H groups in total. The van der Waals surface area contributed by atoms with Crippen molar-refractivity contribution < 1.29 is 121 Å². The van der Waals surface area contributed by atoms with Gasteiger partial charge in [-0.2, -0.15) is 0 Å². The van der Waals surface area contributed by atoms with Crippen LogP contribution in [0.3, 0.4) is 0 Å². The number of carbonyl (C=O) groups is 2. The zero-order valence-electron chi connectivity index (χ0n) is 83.1. The number of aliphatic hydroxyl groups excluding tert-OH is 1. The van der Waals surface area contributed by atoms with Gasteiger partial charge in [0.25, 0.3) is 11.8 Å². The number of hydrogen-bond acceptors (Lipinski definition) is 36. The van der Waals surface area contributed by atoms with Gasteiger partial charge in [0.1, 0.15) is 115 Å². The van der Waals surface area contributed by atoms with Gasteiger partial charge in [-0.1, -0.05) is 133 Å². The zero-order chi connectivity index (χ0) is 106. The summed E-state index contributed by atoms with van der Waals surface area (Å²) in [5.74, 6) is 0.401. The van der Waals surface area contributed by atoms with Crippen LogP contribution >= 0.6 is 29.9 Å². The maximum atomic E-state index is 17.1. The number of nitrogens with one attached hydrogen (secondary N) is 2. The predicted octanol–water partition coefficient (Wildman–Crippen LogP) is 15.7. The summed E-state index contributed by atoms with van der Waals surface area (Å²) >= 11 is 12.3. The number of fused-ring (bicyclic) bond motifs is 4. The second-order valence-corrected chi connectivity index (χ2v) is 54.6. The Morgan fingerprint density at radius 1 is 0.456 bits per heavy atom. The average Bonchev–Trinajstić information content (AvgIpc) is 1.59. The summed E-state index contributed by atoms with van der Waals surface area (Å²) in [7, 11) is -9.11. The molecule has 2 amide bonds. The van der Waals surface area contributed by atoms with Crippen LogP contribution in [-0.2, 0) is 107 Å². The summed E-state index contributed by atoms with van der Waals surface area (Å²) in [6.07, 6.45) is -11.6. The van der Waals surface area contributed by atoms with Crippen molar-refractivity contribution in [1.82, 2.24) is 78.1 Å². The number of aliphatic hydroxyl groups is 1. The Morgan fingerprint density at radius 2 is 0.792 bits per heavy atom. The first-order valence-corrected chi connectivity index (χ1v) is 60.1. The Labute approximate surface area is 868 Å². The summed E-state index contributed by atoms with van der Waals surface area (Å²) in [5.41, 5.74) is 4.99. The molecule has 0 radical (unpaired) electrons. The highest BCUT2D eigenvalue weighted by molar-refractivity contribution is 8.07. The van der Waals surface area contributed by atoms with Gasteiger partial charge in [0.15, 0.2) is 111 Å². The highest BCUT2D eigenvalue weighted by Gasteiger charge is 2.60. The number of halogens is 2. The summed E-state index contributed by atoms with van der Waals surface area (Å²) in [6, 6.07) is 41.9. The summed E-state index contributed by atoms with van der Waals surface area (Å²) in [6.45, 7) is 28.3. The van der Waals surface area contributed by atoms with Crippen molar-refractivity contribution in [2.45, 2.75) is 196 Å². The molecule has 44 nitrogen and oxygen atoms in total. The number of benzene rings is 5. The summed E-state index contributed by atoms with van der Waals surface area (Å²) < 4.78 is 173. The summed E-state index contributed by atoms with van der Waals surface area (Å²) in [4.78, 5) is 106. The molecule has 0 aliphatic carbocycles. The van der Waals surface area contributed by atoms with Gasteiger partial charge in [-0.15, -0.1) is 18.8 Å². The molecule has 17 rings (SSSR count). The number of aromatic nitrogens is 16. The van der Waals surface area contributed by atoms with Crippen molar-refractivity contribution in [3.8, 4) is 11.5 Å². The average molecular weight is 2200 g/mol. The Kier molecular flexibility index (Phi) is 34.9. The SMILES string of the molecule is [C-]#[N+]CCOP(=S)(OC[C@H]1O[C@@H](n2cnc3c(NC(=O)c4ccccc4)ncnc32)[C@H](F)[C@@H]1O[P+](=O)O)O[C@@H]1[C@H](O[Si](C)(C)C(C)(C)C)[C@@H](CO)O[C@H]1n1cnc2c(C)ncnc21.[C-]#[N+]CCOP(=S)(OC[C@H]1O[C@@H](n2cnc3c(NC(=O)c4ccccc4)ncnc32)[C@H](F)[C@@H]1O[P+](=O)O)O[C@@H]1[C@H](O[Si](C)(C)C(C)(C)C)[C@@H](COC(c2ccccc2)(c2ccc(OC)cc2)c2ccc(OC)cc2)O[C@H]1n1cnc2c(C)ncnc21. The molecule has 13 aromatic rings. The first kappa shape index (κ1) is 111. The third-order valence-electron chi connectivity index (χ3n) is 26.5. The lowest BCUT2D eigenvalue weighted by Crippen LogP contribution is -2.51. The number of rotatable bonds is 41. The highest BCUT2D eigenvalue weighted by atomic mass is 32.5. The largest absolute Gasteiger partial charge is 0.695 e. The second kappa shape index (κ2) is 47.0. The van der Waals surface area contributed by atoms with E-state index in [9.17, 15) is 33.6 Å². The normalized spacial score (nSPS) is 23.2. The number of imidazole rings is 4. The number of ether oxygens (including phenoxy) is 7. The van der Waals surface area contributed by atoms with Gasteiger partial charge >= 0.3 is 29.9 Å². The first-order chi connectivity index (χ1) is 71.2. The van der Waals surface area contributed by atoms with Gasteiger partial charge in [0, 0.05) is 20.3 Å². The van der Waals surface area contributed by atoms with E-state index in [1.807, 2.05) is 113 Å². The Balaban J connectivity index is 0.000000223. The van der Waals surface area contributed by atoms with E-state index in [2.05, 4.69) is 109 Å². The number of alkyl halides is 2. The van der Waals surface area contributed by atoms with Crippen molar-refractivity contribution in [1.29, 1.82) is 0 Å². The molecular weight excluding hydrogens is 2090 g/mol. The van der Waals surface area contributed by atoms with Crippen molar-refractivity contribution >= 4 is 138 Å². The molecule has 20 atom stereocenters. The molecule has 149 heavy (non-hydrogen) atoms. The fourth-order valence-corrected chi connectivity index (χ4v) is 24.5. The lowest BCUT2D eigenvalue weighted by Gasteiger charge is -2.42. The molecule has 0 saturated carbocycles. The zero-order valence-corrected chi connectivity index (χ0v) is 90.3. The molecule has 4 aliphatic rings. The number of carbonyl (C=O) groups excluding carboxylic acids is 2. The molecule has 5 aromatic carbocycles. The van der Waals surface area contributed by atoms with E-state index in [0.717, 1.165) is 29.3 Å². The molecule has 0 spiro atoms. The van der Waals surface area contributed by atoms with E-state index in [4.69, 9.17) is 120 Å². The molecule has 4 saturated heterocycles. The Bertz CT molecular complexity index is 7090. The van der Waals surface area contributed by atoms with Crippen LogP contribution in [0, 0.1) is 27.0 Å². The van der Waals surface area contributed by atoms with Gasteiger partial charge in [0.2, 0.25) is 13.1 Å². The van der Waals surface area contributed by atoms with Crippen LogP contribution in [0.5, 0.6) is 11.5 Å². The van der Waals surface area contributed by atoms with Crippen molar-refractivity contribution in [2.75, 3.05) is 77.6 Å². The van der Waals surface area contributed by atoms with Gasteiger partial charge in [-0.3, -0.25) is 36.9 Å². The van der Waals surface area contributed by atoms with Crippen molar-refractivity contribution in [2.24, 2.45) is 0 Å². The third kappa shape index (κ3) is 24.2. The van der Waals surface area contributed by atoms with E-state index < -0.39 is 182 Å². The summed E-state index contributed by atoms with van der Waals surface area (Å²) in [5, 5.41) is 15.4. The number of hydrogen-bond donors (Lipinski definition) is 5. The molecule has 8 aromatic heterocycles. The van der Waals surface area contributed by atoms with E-state index in [0.29, 0.717) is 56.3 Å². The Morgan fingerprint density at radius 3 is 1.16 bits per heavy atom. The fraction of sp³-hybridized carbons (Fsp3) is 0.432. The van der Waals surface area contributed by atoms with E-state index in [1.54, 1.807) is 104 Å². The number of methoxy groups -OCH3 is 2. The minimum atomic E-state index is -4.24. The maximum absolute atomic E-state index is 17.1. The minimum absolute atomic E-state index is 0.0339. The van der Waals surface area contributed by atoms with Crippen LogP contribution in [0.4, 0.5) is 20.4 Å². The number of aryl methyl sites for hydroxylation is 2. The van der Waals surface area contributed by atoms with Crippen LogP contribution in [-0.4, -0.2) is 262 Å². The van der Waals surface area contributed by atoms with Gasteiger partial charge in [-0.05, 0) is 139 Å². The fourth-order valence-electron chi connectivity index (χ4n) is 16.9. The molecule has 54 heteroatoms. The predicted molar refractivity (Wildman–Crippen MR) is 549 cm³/mol. The standard InChI is InChI=1S/C58H63FN10O13P2SSi.C37H45FN10O11P2SSi/c1-36-46-52(63-32-61-36)69(34-65-46)56-50(49(82-86(8,9)57(2,3)4)43(79-56)30-75-58(38-18-14-11-15-19-38,39-20-24-41(73-6)25-21-39)40-22-26-42(74-7)27-23-40)81-84(85,76-29-28-60-5)77-31-44-48(80-83(71)72)45(59)55(78-44)68-35-66-47-51(62-33-64-53(47)68)67-54(70)37-16-12-10-13-17-37;1-21-26-32(42-17-40-21)48(19-44-26)36-30(29(23(15-49)55-36)59-63(6,7)37(2,3)4)58-61(62,53-14-13-39-5)54-16-24-28(57-60(51)52)25(38)35(56-24)47-20-45-27-31(41-18-43-33(27)47)46-34(50)22-11-9-8-10-12-22/h10-27,32-35,43-45,48-50,55-56H,28-31H2,1-4,6-9H3,(H-,62,64,67,70,71,72);8-12,17-20,23-25,28-30,35-36,49H,13-16H2,1-4,6-7H3,(H-,41,43,46,50,51,52)/p+2/t43-,44-,45-,48-,49-,50-,55-,56-,84?;23-,24-,25-,28-,29-,30-,35-,36-,61?/m11/s1. The maximum Gasteiger partial charge on any atom is 0.695 e. The Hall–Kier alpha value is -11.1. The molecule has 0 bridgehead atoms. The van der Waals surface area contributed by atoms with Crippen molar-refractivity contribution in [3.63, 3.8) is 0 Å². The van der Waals surface area contributed by atoms with Crippen LogP contribution in [0.25, 0.3) is 54.3 Å². The molecular formula is C95H110F2N20O24P4S2Si2+2. The van der Waals surface area contributed by atoms with Crippen LogP contribution in [0.15, 0.2) is 190 Å². The molecule has 786 valence electrons. The second-order valence-electron chi connectivity index (χ2n) is 37.8. The monoisotopic (exact) mass is 2200 g/mol. The third-order valence-corrected chi connectivity index (χ3v) is 41.0. The van der Waals surface area contributed by atoms with E-state index in [1.165, 1.54) is 40.8 Å². The van der Waals surface area contributed by atoms with Gasteiger partial charge in [0.05, 0.1) is 77.3 Å². The smallest absolute Gasteiger partial charge is 0.497 e. The lowest BCUT2D eigenvalue weighted by atomic mass is 9.80. The minimum Gasteiger partial charge on any atom is -0.497 e. The van der Waals surface area contributed by atoms with Gasteiger partial charge < -0.3 is 85.5 Å². The number of anilines is 2. The number of amides is 2. The molecule has 4 unspecified atom stereocenters. The number of nitrogens with zero attached hydrogens (tertiary/aromatic N) is 18. The molecule has 12 heterocycles. The van der Waals surface area contributed by atoms with Crippen LogP contribution in [0.1, 0.15) is 115 Å². The van der Waals surface area contributed by atoms with Gasteiger partial charge in [-0.25, -0.2) is 81.7 Å². The molecule has 4 fully saturated rings. The topological polar surface area (TPSA) is 493 Å². The van der Waals surface area contributed by atoms with Crippen LogP contribution < -0.4 is 20.1 Å². The van der Waals surface area contributed by atoms with E-state index in [-0.39, 0.29) is 77.0 Å². The lowest BCUT2D eigenvalue weighted by molar-refractivity contribution is -0.0930. The first-order valence-electron chi connectivity index (χ1n) is 46.9. The van der Waals surface area contributed by atoms with Crippen molar-refractivity contribution in [3.05, 3.63) is 252 Å². The quantitative estimate of drug-likeness (QED) is 0.00781.